The molecule has 0 saturated carbocycles. The molecule has 0 spiro atoms. The van der Waals surface area contributed by atoms with Crippen LogP contribution in [0.2, 0.25) is 0 Å². The van der Waals surface area contributed by atoms with Crippen LogP contribution in [0.3, 0.4) is 0 Å². The molecule has 0 aromatic heterocycles. The maximum Gasteiger partial charge on any atom is 0.224 e. The molecule has 2 aromatic rings. The third-order valence-electron chi connectivity index (χ3n) is 6.06. The number of aliphatic imine (C=N–C) groups is 2. The van der Waals surface area contributed by atoms with Gasteiger partial charge in [-0.1, -0.05) is 13.0 Å². The summed E-state index contributed by atoms with van der Waals surface area (Å²) in [6.45, 7) is 6.86. The number of halogens is 1. The van der Waals surface area contributed by atoms with Crippen LogP contribution in [-0.2, 0) is 9.59 Å². The van der Waals surface area contributed by atoms with Crippen molar-refractivity contribution in [3.05, 3.63) is 48.3 Å². The lowest BCUT2D eigenvalue weighted by Crippen LogP contribution is -2.34. The summed E-state index contributed by atoms with van der Waals surface area (Å²) < 4.78 is 13.7. The molecule has 2 aromatic carbocycles. The van der Waals surface area contributed by atoms with Gasteiger partial charge in [-0.3, -0.25) is 9.59 Å². The maximum absolute atomic E-state index is 13.7. The number of likely N-dealkylation sites (tertiary alicyclic amines) is 2. The van der Waals surface area contributed by atoms with Crippen molar-refractivity contribution >= 4 is 46.5 Å². The first-order chi connectivity index (χ1) is 18.2. The molecule has 0 atom stereocenters. The Morgan fingerprint density at radius 1 is 0.868 bits per heavy atom. The van der Waals surface area contributed by atoms with E-state index in [0.29, 0.717) is 24.0 Å². The summed E-state index contributed by atoms with van der Waals surface area (Å²) in [4.78, 5) is 34.8. The van der Waals surface area contributed by atoms with Crippen molar-refractivity contribution in [2.45, 2.75) is 46.0 Å². The molecule has 2 heterocycles. The number of carbonyl (C=O) groups is 2. The quantitative estimate of drug-likeness (QED) is 0.345. The van der Waals surface area contributed by atoms with Gasteiger partial charge >= 0.3 is 0 Å². The van der Waals surface area contributed by atoms with Gasteiger partial charge in [-0.2, -0.15) is 0 Å². The molecule has 0 radical (unpaired) electrons. The van der Waals surface area contributed by atoms with Crippen LogP contribution in [0.25, 0.3) is 0 Å². The summed E-state index contributed by atoms with van der Waals surface area (Å²) in [5, 5.41) is 5.40. The second kappa shape index (κ2) is 14.0. The first-order valence-electron chi connectivity index (χ1n) is 12.9. The highest BCUT2D eigenvalue weighted by atomic mass is 19.1. The molecule has 0 unspecified atom stereocenters. The van der Waals surface area contributed by atoms with Crippen LogP contribution in [0, 0.1) is 5.82 Å². The monoisotopic (exact) mass is 524 g/mol. The molecule has 6 N–H and O–H groups in total. The Kier molecular flexibility index (Phi) is 10.4. The highest BCUT2D eigenvalue weighted by molar-refractivity contribution is 5.91. The minimum absolute atomic E-state index is 0.00588. The Hall–Kier alpha value is -4.15. The lowest BCUT2D eigenvalue weighted by atomic mass is 10.2. The van der Waals surface area contributed by atoms with Gasteiger partial charge in [0.15, 0.2) is 11.9 Å². The van der Waals surface area contributed by atoms with Crippen LogP contribution in [-0.4, -0.2) is 59.7 Å². The van der Waals surface area contributed by atoms with Gasteiger partial charge in [-0.05, 0) is 62.1 Å². The zero-order valence-corrected chi connectivity index (χ0v) is 22.0. The molecule has 2 aliphatic rings. The van der Waals surface area contributed by atoms with E-state index in [-0.39, 0.29) is 17.5 Å². The molecular formula is C27H37FN8O2. The van der Waals surface area contributed by atoms with E-state index in [1.54, 1.807) is 0 Å². The molecular weight excluding hydrogens is 487 g/mol. The van der Waals surface area contributed by atoms with E-state index in [0.717, 1.165) is 50.4 Å². The Morgan fingerprint density at radius 3 is 2.03 bits per heavy atom. The fourth-order valence-corrected chi connectivity index (χ4v) is 4.07. The zero-order chi connectivity index (χ0) is 27.5. The Bertz CT molecular complexity index is 1170. The van der Waals surface area contributed by atoms with Crippen LogP contribution < -0.4 is 22.1 Å². The van der Waals surface area contributed by atoms with Gasteiger partial charge in [-0.15, -0.1) is 0 Å². The van der Waals surface area contributed by atoms with Crippen molar-refractivity contribution in [2.75, 3.05) is 36.8 Å². The molecule has 11 heteroatoms. The fourth-order valence-electron chi connectivity index (χ4n) is 4.07. The summed E-state index contributed by atoms with van der Waals surface area (Å²) in [7, 11) is 0. The van der Waals surface area contributed by atoms with Gasteiger partial charge in [-0.25, -0.2) is 14.4 Å². The van der Waals surface area contributed by atoms with Crippen LogP contribution in [0.1, 0.15) is 46.0 Å². The van der Waals surface area contributed by atoms with Crippen LogP contribution in [0.15, 0.2) is 52.4 Å². The van der Waals surface area contributed by atoms with Gasteiger partial charge in [0.25, 0.3) is 0 Å². The van der Waals surface area contributed by atoms with E-state index in [2.05, 4.69) is 25.5 Å². The third kappa shape index (κ3) is 8.75. The topological polar surface area (TPSA) is 141 Å². The smallest absolute Gasteiger partial charge is 0.224 e. The molecule has 10 nitrogen and oxygen atoms in total. The molecule has 204 valence electrons. The zero-order valence-electron chi connectivity index (χ0n) is 22.0. The van der Waals surface area contributed by atoms with E-state index in [9.17, 15) is 14.0 Å². The lowest BCUT2D eigenvalue weighted by Gasteiger charge is -2.16. The van der Waals surface area contributed by atoms with Crippen molar-refractivity contribution in [1.82, 2.24) is 9.80 Å². The van der Waals surface area contributed by atoms with Gasteiger partial charge in [0, 0.05) is 50.9 Å². The van der Waals surface area contributed by atoms with Crippen molar-refractivity contribution in [3.63, 3.8) is 0 Å². The minimum atomic E-state index is -0.462. The number of carbonyl (C=O) groups excluding carboxylic acids is 2. The number of hydrogen-bond acceptors (Lipinski definition) is 4. The van der Waals surface area contributed by atoms with E-state index in [1.807, 2.05) is 36.1 Å². The van der Waals surface area contributed by atoms with E-state index in [1.165, 1.54) is 38.0 Å². The predicted molar refractivity (Wildman–Crippen MR) is 150 cm³/mol. The minimum Gasteiger partial charge on any atom is -0.369 e. The molecule has 4 rings (SSSR count). The molecule has 0 bridgehead atoms. The average Bonchev–Trinajstić information content (AvgIpc) is 3.61. The van der Waals surface area contributed by atoms with E-state index < -0.39 is 5.82 Å². The molecule has 2 amide bonds. The number of benzene rings is 2. The number of amides is 2. The van der Waals surface area contributed by atoms with Gasteiger partial charge < -0.3 is 31.9 Å². The van der Waals surface area contributed by atoms with E-state index in [4.69, 9.17) is 11.5 Å². The van der Waals surface area contributed by atoms with Gasteiger partial charge in [0.05, 0.1) is 5.69 Å². The second-order valence-electron chi connectivity index (χ2n) is 9.13. The maximum atomic E-state index is 13.7. The highest BCUT2D eigenvalue weighted by Crippen LogP contribution is 2.23. The van der Waals surface area contributed by atoms with E-state index >= 15 is 0 Å². The molecule has 2 aliphatic heterocycles. The first-order valence-corrected chi connectivity index (χ1v) is 12.9. The number of anilines is 2. The molecule has 38 heavy (non-hydrogen) atoms. The second-order valence-corrected chi connectivity index (χ2v) is 9.13. The number of nitrogens with two attached hydrogens (primary N) is 2. The number of nitrogens with one attached hydrogen (secondary N) is 2. The Morgan fingerprint density at radius 2 is 1.45 bits per heavy atom. The van der Waals surface area contributed by atoms with Gasteiger partial charge in [0.1, 0.15) is 11.5 Å². The third-order valence-corrected chi connectivity index (χ3v) is 6.06. The summed E-state index contributed by atoms with van der Waals surface area (Å²) >= 11 is 0. The van der Waals surface area contributed by atoms with Crippen molar-refractivity contribution in [3.8, 4) is 0 Å². The standard InChI is InChI=1S/C14H20N4O.C13H17FN4O/c1-2-13(19)16-11-6-5-7-12(10-11)17-14(15)18-8-3-4-9-18;1-9(19)16-10-4-5-11(14)12(8-10)17-13(15)18-6-2-3-7-18/h5-7,10H,2-4,8-9H2,1H3,(H2,15,17)(H,16,19);4-5,8H,2-3,6-7H2,1H3,(H2,15,17)(H,16,19). The van der Waals surface area contributed by atoms with Crippen molar-refractivity contribution in [1.29, 1.82) is 0 Å². The number of hydrogen-bond donors (Lipinski definition) is 4. The summed E-state index contributed by atoms with van der Waals surface area (Å²) in [5.41, 5.74) is 14.0. The summed E-state index contributed by atoms with van der Waals surface area (Å²) in [5.74, 6) is 0.187. The Labute approximate surface area is 223 Å². The largest absolute Gasteiger partial charge is 0.369 e. The lowest BCUT2D eigenvalue weighted by molar-refractivity contribution is -0.116. The predicted octanol–water partition coefficient (Wildman–Crippen LogP) is 3.90. The molecule has 2 fully saturated rings. The SMILES string of the molecule is CC(=O)Nc1ccc(F)c(N=C(N)N2CCCC2)c1.CCC(=O)Nc1cccc(N=C(N)N2CCCC2)c1. The summed E-state index contributed by atoms with van der Waals surface area (Å²) in [6, 6.07) is 11.6. The van der Waals surface area contributed by atoms with Crippen LogP contribution in [0.4, 0.5) is 27.1 Å². The molecule has 2 saturated heterocycles. The van der Waals surface area contributed by atoms with Crippen molar-refractivity contribution in [2.24, 2.45) is 21.5 Å². The highest BCUT2D eigenvalue weighted by Gasteiger charge is 2.15. The molecule has 0 aliphatic carbocycles. The first kappa shape index (κ1) is 28.4. The average molecular weight is 525 g/mol. The number of guanidine groups is 2. The van der Waals surface area contributed by atoms with Crippen LogP contribution in [0.5, 0.6) is 0 Å². The fraction of sp³-hybridized carbons (Fsp3) is 0.407. The normalized spacial score (nSPS) is 15.7. The number of nitrogens with zero attached hydrogens (tertiary/aromatic N) is 4. The summed E-state index contributed by atoms with van der Waals surface area (Å²) in [6.07, 6.45) is 4.95. The number of rotatable bonds is 5. The Balaban J connectivity index is 0.000000211. The van der Waals surface area contributed by atoms with Crippen LogP contribution >= 0.6 is 0 Å². The van der Waals surface area contributed by atoms with Gasteiger partial charge in [0.2, 0.25) is 11.8 Å². The van der Waals surface area contributed by atoms with Crippen molar-refractivity contribution < 1.29 is 14.0 Å².